The van der Waals surface area contributed by atoms with Crippen molar-refractivity contribution < 1.29 is 19.4 Å². The number of hydrogen-bond donors (Lipinski definition) is 2. The normalized spacial score (nSPS) is 22.2. The van der Waals surface area contributed by atoms with Crippen LogP contribution in [0.4, 0.5) is 5.69 Å². The number of carbonyl (C=O) groups is 2. The molecule has 1 aromatic rings. The van der Waals surface area contributed by atoms with Crippen LogP contribution >= 0.6 is 11.6 Å². The Morgan fingerprint density at radius 3 is 2.68 bits per heavy atom. The third-order valence-electron chi connectivity index (χ3n) is 3.00. The highest BCUT2D eigenvalue weighted by Gasteiger charge is 2.28. The molecule has 2 atom stereocenters. The van der Waals surface area contributed by atoms with Crippen molar-refractivity contribution >= 4 is 29.2 Å². The van der Waals surface area contributed by atoms with E-state index in [1.807, 2.05) is 6.92 Å². The Kier molecular flexibility index (Phi) is 4.07. The maximum Gasteiger partial charge on any atom is 0.335 e. The van der Waals surface area contributed by atoms with E-state index in [1.54, 1.807) is 0 Å². The van der Waals surface area contributed by atoms with E-state index in [-0.39, 0.29) is 22.6 Å². The predicted molar refractivity (Wildman–Crippen MR) is 70.6 cm³/mol. The maximum absolute atomic E-state index is 11.9. The van der Waals surface area contributed by atoms with Gasteiger partial charge in [0.1, 0.15) is 6.10 Å². The summed E-state index contributed by atoms with van der Waals surface area (Å²) >= 11 is 5.93. The highest BCUT2D eigenvalue weighted by Crippen LogP contribution is 2.25. The SMILES string of the molecule is CC1CCC(C(=O)Nc2ccc(C(=O)O)cc2Cl)O1. The third kappa shape index (κ3) is 3.24. The van der Waals surface area contributed by atoms with Crippen molar-refractivity contribution in [3.8, 4) is 0 Å². The molecular formula is C13H14ClNO4. The van der Waals surface area contributed by atoms with E-state index in [0.29, 0.717) is 12.1 Å². The van der Waals surface area contributed by atoms with Crippen molar-refractivity contribution in [1.29, 1.82) is 0 Å². The Hall–Kier alpha value is -1.59. The number of nitrogens with one attached hydrogen (secondary N) is 1. The van der Waals surface area contributed by atoms with Crippen LogP contribution in [0.25, 0.3) is 0 Å². The lowest BCUT2D eigenvalue weighted by atomic mass is 10.2. The number of carboxylic acid groups (broad SMARTS) is 1. The quantitative estimate of drug-likeness (QED) is 0.894. The third-order valence-corrected chi connectivity index (χ3v) is 3.31. The van der Waals surface area contributed by atoms with Gasteiger partial charge in [-0.25, -0.2) is 4.79 Å². The minimum absolute atomic E-state index is 0.0775. The van der Waals surface area contributed by atoms with Crippen LogP contribution in [0.5, 0.6) is 0 Å². The zero-order chi connectivity index (χ0) is 14.0. The topological polar surface area (TPSA) is 75.6 Å². The number of carbonyl (C=O) groups excluding carboxylic acids is 1. The molecule has 1 heterocycles. The fraction of sp³-hybridized carbons (Fsp3) is 0.385. The Morgan fingerprint density at radius 1 is 1.42 bits per heavy atom. The standard InChI is InChI=1S/C13H14ClNO4/c1-7-2-5-11(19-7)12(16)15-10-4-3-8(13(17)18)6-9(10)14/h3-4,6-7,11H,2,5H2,1H3,(H,15,16)(H,17,18). The van der Waals surface area contributed by atoms with E-state index in [9.17, 15) is 9.59 Å². The van der Waals surface area contributed by atoms with Crippen LogP contribution in [0.2, 0.25) is 5.02 Å². The molecule has 0 spiro atoms. The largest absolute Gasteiger partial charge is 0.478 e. The fourth-order valence-corrected chi connectivity index (χ4v) is 2.19. The van der Waals surface area contributed by atoms with Gasteiger partial charge in [0, 0.05) is 0 Å². The molecular weight excluding hydrogens is 270 g/mol. The van der Waals surface area contributed by atoms with E-state index in [4.69, 9.17) is 21.4 Å². The summed E-state index contributed by atoms with van der Waals surface area (Å²) < 4.78 is 5.45. The zero-order valence-electron chi connectivity index (χ0n) is 10.4. The van der Waals surface area contributed by atoms with Crippen LogP contribution in [0, 0.1) is 0 Å². The molecule has 0 aliphatic carbocycles. The number of aromatic carboxylic acids is 1. The molecule has 5 nitrogen and oxygen atoms in total. The lowest BCUT2D eigenvalue weighted by Crippen LogP contribution is -2.27. The van der Waals surface area contributed by atoms with Crippen molar-refractivity contribution in [2.45, 2.75) is 32.0 Å². The first-order valence-corrected chi connectivity index (χ1v) is 6.34. The molecule has 1 saturated heterocycles. The fourth-order valence-electron chi connectivity index (χ4n) is 1.96. The Labute approximate surface area is 115 Å². The van der Waals surface area contributed by atoms with Crippen molar-refractivity contribution in [1.82, 2.24) is 0 Å². The summed E-state index contributed by atoms with van der Waals surface area (Å²) in [5.74, 6) is -1.32. The summed E-state index contributed by atoms with van der Waals surface area (Å²) in [6, 6.07) is 4.17. The average molecular weight is 284 g/mol. The monoisotopic (exact) mass is 283 g/mol. The van der Waals surface area contributed by atoms with E-state index in [1.165, 1.54) is 18.2 Å². The van der Waals surface area contributed by atoms with Gasteiger partial charge in [-0.15, -0.1) is 0 Å². The number of amides is 1. The molecule has 2 rings (SSSR count). The first-order chi connectivity index (χ1) is 8.97. The van der Waals surface area contributed by atoms with E-state index in [2.05, 4.69) is 5.32 Å². The first kappa shape index (κ1) is 13.8. The highest BCUT2D eigenvalue weighted by atomic mass is 35.5. The van der Waals surface area contributed by atoms with Gasteiger partial charge in [-0.05, 0) is 38.0 Å². The van der Waals surface area contributed by atoms with Crippen LogP contribution in [-0.2, 0) is 9.53 Å². The number of halogens is 1. The summed E-state index contributed by atoms with van der Waals surface area (Å²) in [4.78, 5) is 22.7. The van der Waals surface area contributed by atoms with Crippen LogP contribution in [0.1, 0.15) is 30.1 Å². The first-order valence-electron chi connectivity index (χ1n) is 5.96. The lowest BCUT2D eigenvalue weighted by molar-refractivity contribution is -0.126. The van der Waals surface area contributed by atoms with E-state index in [0.717, 1.165) is 6.42 Å². The number of benzene rings is 1. The van der Waals surface area contributed by atoms with Crippen molar-refractivity contribution in [2.24, 2.45) is 0 Å². The van der Waals surface area contributed by atoms with Gasteiger partial charge in [0.2, 0.25) is 0 Å². The average Bonchev–Trinajstić information content (AvgIpc) is 2.78. The molecule has 0 aromatic heterocycles. The second kappa shape index (κ2) is 5.59. The number of hydrogen-bond acceptors (Lipinski definition) is 3. The Bertz CT molecular complexity index is 517. The smallest absolute Gasteiger partial charge is 0.335 e. The van der Waals surface area contributed by atoms with Crippen molar-refractivity contribution in [3.05, 3.63) is 28.8 Å². The summed E-state index contributed by atoms with van der Waals surface area (Å²) in [6.45, 7) is 1.92. The molecule has 6 heteroatoms. The summed E-state index contributed by atoms with van der Waals surface area (Å²) in [7, 11) is 0. The summed E-state index contributed by atoms with van der Waals surface area (Å²) in [5.41, 5.74) is 0.466. The van der Waals surface area contributed by atoms with Gasteiger partial charge in [-0.2, -0.15) is 0 Å². The van der Waals surface area contributed by atoms with E-state index >= 15 is 0 Å². The second-order valence-corrected chi connectivity index (χ2v) is 4.91. The molecule has 1 aromatic carbocycles. The molecule has 1 aliphatic rings. The van der Waals surface area contributed by atoms with Crippen LogP contribution < -0.4 is 5.32 Å². The molecule has 2 N–H and O–H groups in total. The minimum atomic E-state index is -1.06. The highest BCUT2D eigenvalue weighted by molar-refractivity contribution is 6.34. The molecule has 0 bridgehead atoms. The molecule has 102 valence electrons. The molecule has 2 unspecified atom stereocenters. The Morgan fingerprint density at radius 2 is 2.16 bits per heavy atom. The van der Waals surface area contributed by atoms with Gasteiger partial charge in [0.15, 0.2) is 0 Å². The minimum Gasteiger partial charge on any atom is -0.478 e. The van der Waals surface area contributed by atoms with Gasteiger partial charge in [0.25, 0.3) is 5.91 Å². The van der Waals surface area contributed by atoms with Gasteiger partial charge >= 0.3 is 5.97 Å². The molecule has 19 heavy (non-hydrogen) atoms. The molecule has 1 aliphatic heterocycles. The molecule has 0 radical (unpaired) electrons. The molecule has 1 amide bonds. The zero-order valence-corrected chi connectivity index (χ0v) is 11.1. The molecule has 1 fully saturated rings. The van der Waals surface area contributed by atoms with E-state index < -0.39 is 12.1 Å². The van der Waals surface area contributed by atoms with Gasteiger partial charge in [0.05, 0.1) is 22.4 Å². The number of anilines is 1. The van der Waals surface area contributed by atoms with Crippen LogP contribution in [0.15, 0.2) is 18.2 Å². The van der Waals surface area contributed by atoms with Gasteiger partial charge in [-0.1, -0.05) is 11.6 Å². The van der Waals surface area contributed by atoms with Crippen molar-refractivity contribution in [3.63, 3.8) is 0 Å². The summed E-state index contributed by atoms with van der Waals surface area (Å²) in [6.07, 6.45) is 1.15. The molecule has 0 saturated carbocycles. The van der Waals surface area contributed by atoms with Crippen LogP contribution in [-0.4, -0.2) is 29.2 Å². The number of carboxylic acids is 1. The second-order valence-electron chi connectivity index (χ2n) is 4.50. The van der Waals surface area contributed by atoms with Crippen molar-refractivity contribution in [2.75, 3.05) is 5.32 Å². The van der Waals surface area contributed by atoms with Gasteiger partial charge < -0.3 is 15.2 Å². The predicted octanol–water partition coefficient (Wildman–Crippen LogP) is 2.54. The number of rotatable bonds is 3. The summed E-state index contributed by atoms with van der Waals surface area (Å²) in [5, 5.41) is 11.7. The lowest BCUT2D eigenvalue weighted by Gasteiger charge is -2.13. The van der Waals surface area contributed by atoms with Gasteiger partial charge in [-0.3, -0.25) is 4.79 Å². The van der Waals surface area contributed by atoms with Crippen LogP contribution in [0.3, 0.4) is 0 Å². The number of ether oxygens (including phenoxy) is 1. The maximum atomic E-state index is 11.9. The Balaban J connectivity index is 2.07.